The van der Waals surface area contributed by atoms with E-state index >= 15 is 0 Å². The summed E-state index contributed by atoms with van der Waals surface area (Å²) in [5, 5.41) is 19.7. The van der Waals surface area contributed by atoms with Crippen molar-refractivity contribution in [2.75, 3.05) is 13.2 Å². The molecule has 2 N–H and O–H groups in total. The molecule has 1 saturated heterocycles. The molecule has 0 radical (unpaired) electrons. The van der Waals surface area contributed by atoms with E-state index < -0.39 is 11.2 Å². The zero-order valence-corrected chi connectivity index (χ0v) is 7.13. The Morgan fingerprint density at radius 2 is 1.45 bits per heavy atom. The van der Waals surface area contributed by atoms with Gasteiger partial charge in [0.25, 0.3) is 0 Å². The Labute approximate surface area is 67.0 Å². The smallest absolute Gasteiger partial charge is 0.118 e. The highest BCUT2D eigenvalue weighted by Crippen LogP contribution is 2.34. The van der Waals surface area contributed by atoms with E-state index in [4.69, 9.17) is 4.74 Å². The fourth-order valence-electron chi connectivity index (χ4n) is 1.52. The monoisotopic (exact) mass is 160 g/mol. The predicted molar refractivity (Wildman–Crippen MR) is 41.3 cm³/mol. The van der Waals surface area contributed by atoms with E-state index in [1.807, 2.05) is 13.8 Å². The third-order valence-corrected chi connectivity index (χ3v) is 2.72. The Morgan fingerprint density at radius 3 is 1.73 bits per heavy atom. The summed E-state index contributed by atoms with van der Waals surface area (Å²) in [6.45, 7) is 4.23. The minimum absolute atomic E-state index is 0.258. The van der Waals surface area contributed by atoms with E-state index in [-0.39, 0.29) is 13.2 Å². The molecule has 3 heteroatoms. The number of rotatable bonds is 2. The van der Waals surface area contributed by atoms with Gasteiger partial charge in [0.05, 0.1) is 13.2 Å². The third kappa shape index (κ3) is 1.17. The van der Waals surface area contributed by atoms with Crippen LogP contribution in [0.3, 0.4) is 0 Å². The summed E-state index contributed by atoms with van der Waals surface area (Å²) < 4.78 is 5.06. The lowest BCUT2D eigenvalue weighted by Crippen LogP contribution is -2.52. The highest BCUT2D eigenvalue weighted by Gasteiger charge is 2.51. The van der Waals surface area contributed by atoms with Gasteiger partial charge in [-0.2, -0.15) is 0 Å². The van der Waals surface area contributed by atoms with Gasteiger partial charge in [0.1, 0.15) is 11.2 Å². The van der Waals surface area contributed by atoms with Crippen molar-refractivity contribution in [3.8, 4) is 0 Å². The zero-order chi connectivity index (χ0) is 8.54. The number of ether oxygens (including phenoxy) is 1. The van der Waals surface area contributed by atoms with Crippen molar-refractivity contribution >= 4 is 0 Å². The molecule has 0 amide bonds. The minimum Gasteiger partial charge on any atom is -0.384 e. The average Bonchev–Trinajstić information content (AvgIpc) is 2.31. The van der Waals surface area contributed by atoms with E-state index in [1.165, 1.54) is 0 Å². The molecule has 0 spiro atoms. The third-order valence-electron chi connectivity index (χ3n) is 2.72. The van der Waals surface area contributed by atoms with Crippen molar-refractivity contribution < 1.29 is 14.9 Å². The van der Waals surface area contributed by atoms with Crippen LogP contribution >= 0.6 is 0 Å². The summed E-state index contributed by atoms with van der Waals surface area (Å²) in [6, 6.07) is 0. The second-order valence-electron chi connectivity index (χ2n) is 3.26. The number of hydrogen-bond acceptors (Lipinski definition) is 3. The average molecular weight is 160 g/mol. The van der Waals surface area contributed by atoms with Gasteiger partial charge < -0.3 is 14.9 Å². The van der Waals surface area contributed by atoms with Gasteiger partial charge in [-0.25, -0.2) is 0 Å². The molecule has 11 heavy (non-hydrogen) atoms. The fourth-order valence-corrected chi connectivity index (χ4v) is 1.52. The summed E-state index contributed by atoms with van der Waals surface area (Å²) >= 11 is 0. The Hall–Kier alpha value is -0.120. The second kappa shape index (κ2) is 2.73. The highest BCUT2D eigenvalue weighted by atomic mass is 16.5. The van der Waals surface area contributed by atoms with Crippen LogP contribution in [-0.4, -0.2) is 34.6 Å². The molecule has 1 aliphatic rings. The van der Waals surface area contributed by atoms with Gasteiger partial charge >= 0.3 is 0 Å². The standard InChI is InChI=1S/C8H16O3/c1-3-7(9)5-11-6-8(7,10)4-2/h9-10H,3-6H2,1-2H3/t7-,8+. The zero-order valence-electron chi connectivity index (χ0n) is 7.13. The van der Waals surface area contributed by atoms with E-state index in [0.717, 1.165) is 0 Å². The van der Waals surface area contributed by atoms with Crippen molar-refractivity contribution in [1.82, 2.24) is 0 Å². The largest absolute Gasteiger partial charge is 0.384 e. The van der Waals surface area contributed by atoms with E-state index in [0.29, 0.717) is 12.8 Å². The maximum atomic E-state index is 9.84. The Kier molecular flexibility index (Phi) is 2.23. The summed E-state index contributed by atoms with van der Waals surface area (Å²) in [7, 11) is 0. The summed E-state index contributed by atoms with van der Waals surface area (Å²) in [5.74, 6) is 0. The molecule has 1 heterocycles. The predicted octanol–water partition coefficient (Wildman–Crippen LogP) is 0.299. The fraction of sp³-hybridized carbons (Fsp3) is 1.00. The van der Waals surface area contributed by atoms with Crippen LogP contribution in [0.25, 0.3) is 0 Å². The molecule has 0 bridgehead atoms. The molecule has 3 nitrogen and oxygen atoms in total. The maximum Gasteiger partial charge on any atom is 0.118 e. The van der Waals surface area contributed by atoms with Gasteiger partial charge in [-0.05, 0) is 12.8 Å². The molecule has 1 aliphatic heterocycles. The van der Waals surface area contributed by atoms with Gasteiger partial charge in [0, 0.05) is 0 Å². The molecule has 66 valence electrons. The van der Waals surface area contributed by atoms with Crippen molar-refractivity contribution in [3.05, 3.63) is 0 Å². The number of aliphatic hydroxyl groups is 2. The molecule has 0 aromatic carbocycles. The first-order valence-corrected chi connectivity index (χ1v) is 4.10. The van der Waals surface area contributed by atoms with Crippen LogP contribution in [0.1, 0.15) is 26.7 Å². The Balaban J connectivity index is 2.79. The van der Waals surface area contributed by atoms with Crippen LogP contribution in [0.15, 0.2) is 0 Å². The van der Waals surface area contributed by atoms with Crippen molar-refractivity contribution in [1.29, 1.82) is 0 Å². The SMILES string of the molecule is CC[C@@]1(O)COC[C@@]1(O)CC. The lowest BCUT2D eigenvalue weighted by molar-refractivity contribution is -0.120. The van der Waals surface area contributed by atoms with Crippen molar-refractivity contribution in [3.63, 3.8) is 0 Å². The van der Waals surface area contributed by atoms with Crippen LogP contribution in [-0.2, 0) is 4.74 Å². The summed E-state index contributed by atoms with van der Waals surface area (Å²) in [6.07, 6.45) is 1.08. The molecule has 0 saturated carbocycles. The molecule has 0 unspecified atom stereocenters. The first-order chi connectivity index (χ1) is 5.08. The summed E-state index contributed by atoms with van der Waals surface area (Å²) in [4.78, 5) is 0. The minimum atomic E-state index is -1.03. The topological polar surface area (TPSA) is 49.7 Å². The van der Waals surface area contributed by atoms with Crippen LogP contribution in [0.4, 0.5) is 0 Å². The Morgan fingerprint density at radius 1 is 1.09 bits per heavy atom. The molecular weight excluding hydrogens is 144 g/mol. The number of hydrogen-bond donors (Lipinski definition) is 2. The molecule has 0 aromatic rings. The Bertz CT molecular complexity index is 132. The van der Waals surface area contributed by atoms with E-state index in [2.05, 4.69) is 0 Å². The first kappa shape index (κ1) is 8.97. The van der Waals surface area contributed by atoms with Gasteiger partial charge in [-0.15, -0.1) is 0 Å². The van der Waals surface area contributed by atoms with Crippen LogP contribution in [0.5, 0.6) is 0 Å². The highest BCUT2D eigenvalue weighted by molar-refractivity contribution is 5.02. The molecule has 0 aliphatic carbocycles. The lowest BCUT2D eigenvalue weighted by Gasteiger charge is -2.34. The molecular formula is C8H16O3. The van der Waals surface area contributed by atoms with Gasteiger partial charge in [0.15, 0.2) is 0 Å². The van der Waals surface area contributed by atoms with E-state index in [1.54, 1.807) is 0 Å². The maximum absolute atomic E-state index is 9.84. The van der Waals surface area contributed by atoms with Gasteiger partial charge in [-0.3, -0.25) is 0 Å². The van der Waals surface area contributed by atoms with Crippen LogP contribution < -0.4 is 0 Å². The molecule has 2 atom stereocenters. The molecule has 1 fully saturated rings. The lowest BCUT2D eigenvalue weighted by atomic mass is 9.82. The van der Waals surface area contributed by atoms with Crippen LogP contribution in [0, 0.1) is 0 Å². The first-order valence-electron chi connectivity index (χ1n) is 4.10. The van der Waals surface area contributed by atoms with E-state index in [9.17, 15) is 10.2 Å². The van der Waals surface area contributed by atoms with Crippen LogP contribution in [0.2, 0.25) is 0 Å². The van der Waals surface area contributed by atoms with Gasteiger partial charge in [0.2, 0.25) is 0 Å². The normalized spacial score (nSPS) is 44.7. The van der Waals surface area contributed by atoms with Crippen molar-refractivity contribution in [2.45, 2.75) is 37.9 Å². The second-order valence-corrected chi connectivity index (χ2v) is 3.26. The van der Waals surface area contributed by atoms with Gasteiger partial charge in [-0.1, -0.05) is 13.8 Å². The quantitative estimate of drug-likeness (QED) is 0.610. The molecule has 1 rings (SSSR count). The molecule has 0 aromatic heterocycles. The van der Waals surface area contributed by atoms with Crippen molar-refractivity contribution in [2.24, 2.45) is 0 Å². The summed E-state index contributed by atoms with van der Waals surface area (Å²) in [5.41, 5.74) is -2.05.